The number of alkyl halides is 1. The van der Waals surface area contributed by atoms with Gasteiger partial charge in [0, 0.05) is 5.56 Å². The molecule has 0 aliphatic rings. The average molecular weight is 265 g/mol. The highest BCUT2D eigenvalue weighted by Gasteiger charge is 2.09. The summed E-state index contributed by atoms with van der Waals surface area (Å²) < 4.78 is 19.2. The van der Waals surface area contributed by atoms with Crippen LogP contribution < -0.4 is 4.74 Å². The lowest BCUT2D eigenvalue weighted by Crippen LogP contribution is -2.00. The molecule has 2 rings (SSSR count). The van der Waals surface area contributed by atoms with Gasteiger partial charge < -0.3 is 4.74 Å². The number of hydrogen-bond donors (Lipinski definition) is 0. The largest absolute Gasteiger partial charge is 0.485 e. The fourth-order valence-electron chi connectivity index (χ4n) is 1.78. The second-order valence-corrected chi connectivity index (χ2v) is 4.41. The maximum Gasteiger partial charge on any atom is 0.165 e. The van der Waals surface area contributed by atoms with Gasteiger partial charge >= 0.3 is 0 Å². The lowest BCUT2D eigenvalue weighted by atomic mass is 10.1. The van der Waals surface area contributed by atoms with E-state index in [1.54, 1.807) is 12.1 Å². The van der Waals surface area contributed by atoms with Crippen LogP contribution in [0.25, 0.3) is 0 Å². The van der Waals surface area contributed by atoms with E-state index in [2.05, 4.69) is 0 Å². The minimum atomic E-state index is -0.374. The first-order valence-corrected chi connectivity index (χ1v) is 6.26. The highest BCUT2D eigenvalue weighted by Crippen LogP contribution is 2.25. The van der Waals surface area contributed by atoms with Crippen molar-refractivity contribution < 1.29 is 9.13 Å². The van der Waals surface area contributed by atoms with E-state index >= 15 is 0 Å². The number of halogens is 2. The van der Waals surface area contributed by atoms with Crippen LogP contribution in [-0.4, -0.2) is 0 Å². The number of aryl methyl sites for hydroxylation is 1. The minimum absolute atomic E-state index is 0.237. The van der Waals surface area contributed by atoms with E-state index in [0.717, 1.165) is 11.1 Å². The molecule has 0 atom stereocenters. The third kappa shape index (κ3) is 3.02. The Hall–Kier alpha value is -1.54. The minimum Gasteiger partial charge on any atom is -0.485 e. The van der Waals surface area contributed by atoms with Gasteiger partial charge in [-0.1, -0.05) is 42.0 Å². The molecule has 2 aromatic carbocycles. The van der Waals surface area contributed by atoms with E-state index in [1.165, 1.54) is 6.07 Å². The molecular weight excluding hydrogens is 251 g/mol. The molecular formula is C15H14ClFO. The molecule has 2 aromatic rings. The zero-order valence-corrected chi connectivity index (χ0v) is 10.9. The van der Waals surface area contributed by atoms with Gasteiger partial charge in [-0.15, -0.1) is 11.6 Å². The van der Waals surface area contributed by atoms with Crippen molar-refractivity contribution in [2.75, 3.05) is 0 Å². The molecule has 0 heterocycles. The Bertz CT molecular complexity index is 540. The van der Waals surface area contributed by atoms with Crippen molar-refractivity contribution in [3.63, 3.8) is 0 Å². The van der Waals surface area contributed by atoms with Gasteiger partial charge in [-0.3, -0.25) is 0 Å². The summed E-state index contributed by atoms with van der Waals surface area (Å²) in [7, 11) is 0. The topological polar surface area (TPSA) is 9.23 Å². The summed E-state index contributed by atoms with van der Waals surface area (Å²) in [5, 5.41) is 0. The summed E-state index contributed by atoms with van der Waals surface area (Å²) in [6.07, 6.45) is 0. The Kier molecular flexibility index (Phi) is 4.21. The van der Waals surface area contributed by atoms with Crippen molar-refractivity contribution in [2.24, 2.45) is 0 Å². The van der Waals surface area contributed by atoms with Crippen molar-refractivity contribution in [1.82, 2.24) is 0 Å². The summed E-state index contributed by atoms with van der Waals surface area (Å²) in [5.41, 5.74) is 2.84. The van der Waals surface area contributed by atoms with Gasteiger partial charge in [-0.05, 0) is 18.6 Å². The predicted octanol–water partition coefficient (Wildman–Crippen LogP) is 4.45. The summed E-state index contributed by atoms with van der Waals surface area (Å²) >= 11 is 5.76. The highest BCUT2D eigenvalue weighted by molar-refractivity contribution is 6.17. The third-order valence-corrected chi connectivity index (χ3v) is 2.95. The van der Waals surface area contributed by atoms with E-state index in [-0.39, 0.29) is 17.4 Å². The van der Waals surface area contributed by atoms with Crippen molar-refractivity contribution in [3.8, 4) is 5.75 Å². The summed E-state index contributed by atoms with van der Waals surface area (Å²) in [6.45, 7) is 2.35. The molecule has 0 radical (unpaired) electrons. The predicted molar refractivity (Wildman–Crippen MR) is 71.5 cm³/mol. The second-order valence-electron chi connectivity index (χ2n) is 4.14. The summed E-state index contributed by atoms with van der Waals surface area (Å²) in [6, 6.07) is 12.7. The molecule has 94 valence electrons. The van der Waals surface area contributed by atoms with Crippen LogP contribution in [0.3, 0.4) is 0 Å². The molecule has 0 saturated heterocycles. The molecule has 0 aliphatic heterocycles. The maximum absolute atomic E-state index is 13.6. The molecule has 0 aliphatic carbocycles. The van der Waals surface area contributed by atoms with Crippen LogP contribution in [0.1, 0.15) is 16.7 Å². The number of hydrogen-bond acceptors (Lipinski definition) is 1. The molecule has 0 amide bonds. The van der Waals surface area contributed by atoms with Crippen LogP contribution >= 0.6 is 11.6 Å². The standard InChI is InChI=1S/C15H14ClFO/c1-11-4-2-5-12(8-11)10-18-15-13(9-16)6-3-7-14(15)17/h2-8H,9-10H2,1H3. The molecule has 0 N–H and O–H groups in total. The van der Waals surface area contributed by atoms with E-state index in [9.17, 15) is 4.39 Å². The Morgan fingerprint density at radius 3 is 2.67 bits per heavy atom. The molecule has 0 aromatic heterocycles. The van der Waals surface area contributed by atoms with Crippen molar-refractivity contribution in [3.05, 3.63) is 65.0 Å². The van der Waals surface area contributed by atoms with Crippen LogP contribution in [0.2, 0.25) is 0 Å². The smallest absolute Gasteiger partial charge is 0.165 e. The lowest BCUT2D eigenvalue weighted by Gasteiger charge is -2.11. The molecule has 0 saturated carbocycles. The first-order valence-electron chi connectivity index (χ1n) is 5.72. The first-order chi connectivity index (χ1) is 8.70. The van der Waals surface area contributed by atoms with Gasteiger partial charge in [0.05, 0.1) is 5.88 Å². The zero-order chi connectivity index (χ0) is 13.0. The maximum atomic E-state index is 13.6. The SMILES string of the molecule is Cc1cccc(COc2c(F)cccc2CCl)c1. The number of rotatable bonds is 4. The molecule has 1 nitrogen and oxygen atoms in total. The fourth-order valence-corrected chi connectivity index (χ4v) is 1.99. The van der Waals surface area contributed by atoms with Gasteiger partial charge in [0.25, 0.3) is 0 Å². The monoisotopic (exact) mass is 264 g/mol. The van der Waals surface area contributed by atoms with Crippen LogP contribution in [0.15, 0.2) is 42.5 Å². The van der Waals surface area contributed by atoms with Gasteiger partial charge in [0.15, 0.2) is 11.6 Å². The van der Waals surface area contributed by atoms with Crippen LogP contribution in [-0.2, 0) is 12.5 Å². The Morgan fingerprint density at radius 1 is 1.17 bits per heavy atom. The lowest BCUT2D eigenvalue weighted by molar-refractivity contribution is 0.288. The molecule has 0 bridgehead atoms. The molecule has 0 unspecified atom stereocenters. The van der Waals surface area contributed by atoms with Crippen LogP contribution in [0.5, 0.6) is 5.75 Å². The fraction of sp³-hybridized carbons (Fsp3) is 0.200. The van der Waals surface area contributed by atoms with Crippen molar-refractivity contribution >= 4 is 11.6 Å². The van der Waals surface area contributed by atoms with Gasteiger partial charge in [0.1, 0.15) is 6.61 Å². The van der Waals surface area contributed by atoms with Crippen molar-refractivity contribution in [2.45, 2.75) is 19.4 Å². The molecule has 0 fully saturated rings. The number of para-hydroxylation sites is 1. The van der Waals surface area contributed by atoms with Crippen LogP contribution in [0, 0.1) is 12.7 Å². The second kappa shape index (κ2) is 5.87. The summed E-state index contributed by atoms with van der Waals surface area (Å²) in [4.78, 5) is 0. The Morgan fingerprint density at radius 2 is 1.94 bits per heavy atom. The van der Waals surface area contributed by atoms with Gasteiger partial charge in [-0.2, -0.15) is 0 Å². The summed E-state index contributed by atoms with van der Waals surface area (Å²) in [5.74, 6) is 0.107. The van der Waals surface area contributed by atoms with E-state index < -0.39 is 0 Å². The zero-order valence-electron chi connectivity index (χ0n) is 10.1. The van der Waals surface area contributed by atoms with Gasteiger partial charge in [-0.25, -0.2) is 4.39 Å². The van der Waals surface area contributed by atoms with Crippen molar-refractivity contribution in [1.29, 1.82) is 0 Å². The quantitative estimate of drug-likeness (QED) is 0.741. The average Bonchev–Trinajstić information content (AvgIpc) is 2.37. The normalized spacial score (nSPS) is 10.4. The third-order valence-electron chi connectivity index (χ3n) is 2.66. The highest BCUT2D eigenvalue weighted by atomic mass is 35.5. The molecule has 0 spiro atoms. The molecule has 3 heteroatoms. The van der Waals surface area contributed by atoms with Gasteiger partial charge in [0.2, 0.25) is 0 Å². The Labute approximate surface area is 111 Å². The first kappa shape index (κ1) is 12.9. The van der Waals surface area contributed by atoms with E-state index in [4.69, 9.17) is 16.3 Å². The number of ether oxygens (including phenoxy) is 1. The van der Waals surface area contributed by atoms with E-state index in [0.29, 0.717) is 12.2 Å². The van der Waals surface area contributed by atoms with E-state index in [1.807, 2.05) is 31.2 Å². The molecule has 18 heavy (non-hydrogen) atoms. The number of benzene rings is 2. The van der Waals surface area contributed by atoms with Crippen LogP contribution in [0.4, 0.5) is 4.39 Å². The Balaban J connectivity index is 2.15.